The highest BCUT2D eigenvalue weighted by atomic mass is 32.2. The van der Waals surface area contributed by atoms with Crippen molar-refractivity contribution < 1.29 is 8.42 Å². The molecular formula is C14H24N4O2S. The van der Waals surface area contributed by atoms with E-state index in [4.69, 9.17) is 0 Å². The van der Waals surface area contributed by atoms with Gasteiger partial charge in [0.15, 0.2) is 0 Å². The van der Waals surface area contributed by atoms with Gasteiger partial charge in [-0.2, -0.15) is 0 Å². The Balaban J connectivity index is 2.14. The van der Waals surface area contributed by atoms with Crippen molar-refractivity contribution in [2.75, 3.05) is 11.9 Å². The lowest BCUT2D eigenvalue weighted by molar-refractivity contribution is 0.188. The number of hydrogen-bond donors (Lipinski definition) is 2. The van der Waals surface area contributed by atoms with E-state index >= 15 is 0 Å². The van der Waals surface area contributed by atoms with Crippen molar-refractivity contribution in [3.05, 3.63) is 12.4 Å². The first-order valence-corrected chi connectivity index (χ1v) is 8.92. The molecule has 1 aliphatic rings. The lowest BCUT2D eigenvalue weighted by Crippen LogP contribution is -2.46. The second-order valence-corrected chi connectivity index (χ2v) is 7.89. The lowest BCUT2D eigenvalue weighted by atomic mass is 9.74. The largest absolute Gasteiger partial charge is 0.355 e. The molecule has 0 aromatic carbocycles. The summed E-state index contributed by atoms with van der Waals surface area (Å²) in [6, 6.07) is -0.0373. The van der Waals surface area contributed by atoms with E-state index in [1.807, 2.05) is 6.92 Å². The third-order valence-electron chi connectivity index (χ3n) is 4.08. The summed E-state index contributed by atoms with van der Waals surface area (Å²) in [6.07, 6.45) is 6.84. The molecule has 0 spiro atoms. The predicted molar refractivity (Wildman–Crippen MR) is 82.6 cm³/mol. The molecule has 2 rings (SSSR count). The SMILES string of the molecule is CCNc1ncc(S(=O)(=O)NC2CCCCC2(C)C)cn1. The van der Waals surface area contributed by atoms with Gasteiger partial charge in [0.2, 0.25) is 16.0 Å². The Morgan fingerprint density at radius 1 is 1.29 bits per heavy atom. The van der Waals surface area contributed by atoms with Crippen LogP contribution < -0.4 is 10.0 Å². The van der Waals surface area contributed by atoms with Crippen molar-refractivity contribution in [1.29, 1.82) is 0 Å². The predicted octanol–water partition coefficient (Wildman–Crippen LogP) is 2.16. The zero-order chi connectivity index (χ0) is 15.5. The molecule has 0 amide bonds. The van der Waals surface area contributed by atoms with Crippen LogP contribution >= 0.6 is 0 Å². The molecule has 1 aromatic rings. The van der Waals surface area contributed by atoms with Crippen LogP contribution in [0.1, 0.15) is 46.5 Å². The molecule has 7 heteroatoms. The minimum atomic E-state index is -3.57. The molecule has 1 heterocycles. The van der Waals surface area contributed by atoms with E-state index in [9.17, 15) is 8.42 Å². The van der Waals surface area contributed by atoms with E-state index in [0.717, 1.165) is 25.7 Å². The van der Waals surface area contributed by atoms with Crippen molar-refractivity contribution in [2.24, 2.45) is 5.41 Å². The van der Waals surface area contributed by atoms with Crippen LogP contribution in [0.25, 0.3) is 0 Å². The normalized spacial score (nSPS) is 22.0. The van der Waals surface area contributed by atoms with Crippen molar-refractivity contribution in [3.8, 4) is 0 Å². The maximum absolute atomic E-state index is 12.4. The fourth-order valence-electron chi connectivity index (χ4n) is 2.67. The summed E-state index contributed by atoms with van der Waals surface area (Å²) in [5.41, 5.74) is -0.0180. The van der Waals surface area contributed by atoms with Crippen LogP contribution in [0.15, 0.2) is 17.3 Å². The van der Waals surface area contributed by atoms with Crippen LogP contribution in [0.5, 0.6) is 0 Å². The van der Waals surface area contributed by atoms with Gasteiger partial charge in [-0.15, -0.1) is 0 Å². The highest BCUT2D eigenvalue weighted by Crippen LogP contribution is 2.36. The van der Waals surface area contributed by atoms with Crippen LogP contribution in [0.2, 0.25) is 0 Å². The molecule has 0 bridgehead atoms. The number of nitrogens with one attached hydrogen (secondary N) is 2. The number of hydrogen-bond acceptors (Lipinski definition) is 5. The van der Waals surface area contributed by atoms with Gasteiger partial charge in [0.05, 0.1) is 12.4 Å². The van der Waals surface area contributed by atoms with Crippen LogP contribution in [-0.4, -0.2) is 31.0 Å². The first-order chi connectivity index (χ1) is 9.85. The van der Waals surface area contributed by atoms with Crippen molar-refractivity contribution >= 4 is 16.0 Å². The van der Waals surface area contributed by atoms with E-state index in [-0.39, 0.29) is 16.4 Å². The van der Waals surface area contributed by atoms with E-state index in [0.29, 0.717) is 12.5 Å². The summed E-state index contributed by atoms with van der Waals surface area (Å²) in [4.78, 5) is 8.16. The Labute approximate surface area is 126 Å². The van der Waals surface area contributed by atoms with Crippen molar-refractivity contribution in [3.63, 3.8) is 0 Å². The molecule has 1 aromatic heterocycles. The summed E-state index contributed by atoms with van der Waals surface area (Å²) < 4.78 is 27.7. The Morgan fingerprint density at radius 2 is 1.95 bits per heavy atom. The monoisotopic (exact) mass is 312 g/mol. The fraction of sp³-hybridized carbons (Fsp3) is 0.714. The summed E-state index contributed by atoms with van der Waals surface area (Å²) >= 11 is 0. The molecule has 2 N–H and O–H groups in total. The van der Waals surface area contributed by atoms with Gasteiger partial charge in [-0.3, -0.25) is 0 Å². The van der Waals surface area contributed by atoms with Gasteiger partial charge in [-0.1, -0.05) is 26.7 Å². The highest BCUT2D eigenvalue weighted by Gasteiger charge is 2.35. The second kappa shape index (κ2) is 6.27. The molecule has 0 radical (unpaired) electrons. The van der Waals surface area contributed by atoms with Crippen LogP contribution in [-0.2, 0) is 10.0 Å². The third-order valence-corrected chi connectivity index (χ3v) is 5.50. The number of anilines is 1. The van der Waals surface area contributed by atoms with Gasteiger partial charge >= 0.3 is 0 Å². The summed E-state index contributed by atoms with van der Waals surface area (Å²) in [5, 5.41) is 2.94. The Hall–Kier alpha value is -1.21. The zero-order valence-corrected chi connectivity index (χ0v) is 13.7. The van der Waals surface area contributed by atoms with Gasteiger partial charge in [0, 0.05) is 12.6 Å². The number of aromatic nitrogens is 2. The van der Waals surface area contributed by atoms with E-state index < -0.39 is 10.0 Å². The summed E-state index contributed by atoms with van der Waals surface area (Å²) in [5.74, 6) is 0.439. The average molecular weight is 312 g/mol. The molecule has 1 fully saturated rings. The summed E-state index contributed by atoms with van der Waals surface area (Å²) in [7, 11) is -3.57. The highest BCUT2D eigenvalue weighted by molar-refractivity contribution is 7.89. The zero-order valence-electron chi connectivity index (χ0n) is 12.9. The molecule has 1 atom stereocenters. The Bertz CT molecular complexity index is 569. The standard InChI is InChI=1S/C14H24N4O2S/c1-4-15-13-16-9-11(10-17-13)21(19,20)18-12-7-5-6-8-14(12,2)3/h9-10,12,18H,4-8H2,1-3H3,(H,15,16,17). The quantitative estimate of drug-likeness (QED) is 0.870. The topological polar surface area (TPSA) is 84.0 Å². The Morgan fingerprint density at radius 3 is 2.52 bits per heavy atom. The minimum Gasteiger partial charge on any atom is -0.355 e. The van der Waals surface area contributed by atoms with Gasteiger partial charge in [-0.05, 0) is 25.2 Å². The molecule has 21 heavy (non-hydrogen) atoms. The van der Waals surface area contributed by atoms with Gasteiger partial charge in [0.1, 0.15) is 4.90 Å². The minimum absolute atomic E-state index is 0.0180. The average Bonchev–Trinajstić information content (AvgIpc) is 2.42. The van der Waals surface area contributed by atoms with Crippen LogP contribution in [0.3, 0.4) is 0 Å². The molecular weight excluding hydrogens is 288 g/mol. The van der Waals surface area contributed by atoms with Gasteiger partial charge < -0.3 is 5.32 Å². The molecule has 6 nitrogen and oxygen atoms in total. The number of nitrogens with zero attached hydrogens (tertiary/aromatic N) is 2. The third kappa shape index (κ3) is 3.91. The second-order valence-electron chi connectivity index (χ2n) is 6.18. The maximum atomic E-state index is 12.4. The smallest absolute Gasteiger partial charge is 0.243 e. The van der Waals surface area contributed by atoms with E-state index in [1.54, 1.807) is 0 Å². The lowest BCUT2D eigenvalue weighted by Gasteiger charge is -2.38. The van der Waals surface area contributed by atoms with Crippen molar-refractivity contribution in [1.82, 2.24) is 14.7 Å². The Kier molecular flexibility index (Phi) is 4.83. The summed E-state index contributed by atoms with van der Waals surface area (Å²) in [6.45, 7) is 6.86. The van der Waals surface area contributed by atoms with Gasteiger partial charge in [0.25, 0.3) is 0 Å². The molecule has 0 saturated heterocycles. The number of rotatable bonds is 5. The number of sulfonamides is 1. The maximum Gasteiger partial charge on any atom is 0.243 e. The molecule has 1 unspecified atom stereocenters. The molecule has 1 aliphatic carbocycles. The first-order valence-electron chi connectivity index (χ1n) is 7.43. The van der Waals surface area contributed by atoms with E-state index in [1.165, 1.54) is 12.4 Å². The van der Waals surface area contributed by atoms with Gasteiger partial charge in [-0.25, -0.2) is 23.1 Å². The molecule has 118 valence electrons. The van der Waals surface area contributed by atoms with Crippen LogP contribution in [0.4, 0.5) is 5.95 Å². The molecule has 0 aliphatic heterocycles. The van der Waals surface area contributed by atoms with Crippen LogP contribution in [0, 0.1) is 5.41 Å². The van der Waals surface area contributed by atoms with Crippen molar-refractivity contribution in [2.45, 2.75) is 57.4 Å². The van der Waals surface area contributed by atoms with E-state index in [2.05, 4.69) is 33.9 Å². The first kappa shape index (κ1) is 16.2. The molecule has 1 saturated carbocycles. The fourth-order valence-corrected chi connectivity index (χ4v) is 4.00.